The normalized spacial score (nSPS) is 14.1. The minimum absolute atomic E-state index is 0.106. The van der Waals surface area contributed by atoms with Crippen molar-refractivity contribution in [1.29, 1.82) is 0 Å². The summed E-state index contributed by atoms with van der Waals surface area (Å²) >= 11 is 0. The molecule has 0 aromatic rings. The summed E-state index contributed by atoms with van der Waals surface area (Å²) in [6.07, 6.45) is 51.5. The summed E-state index contributed by atoms with van der Waals surface area (Å²) in [5.74, 6) is 0.906. The van der Waals surface area contributed by atoms with Gasteiger partial charge in [-0.05, 0) is 49.4 Å². The van der Waals surface area contributed by atoms with E-state index in [1.54, 1.807) is 0 Å². The summed E-state index contributed by atoms with van der Waals surface area (Å²) < 4.78 is 68.5. The molecule has 17 nitrogen and oxygen atoms in total. The zero-order valence-corrected chi connectivity index (χ0v) is 64.8. The molecule has 0 aromatic heterocycles. The molecule has 0 spiro atoms. The van der Waals surface area contributed by atoms with Crippen LogP contribution in [0.4, 0.5) is 0 Å². The number of unbranched alkanes of at least 4 members (excludes halogenated alkanes) is 40. The van der Waals surface area contributed by atoms with E-state index in [0.717, 1.165) is 114 Å². The van der Waals surface area contributed by atoms with Gasteiger partial charge in [-0.25, -0.2) is 9.13 Å². The minimum atomic E-state index is -4.96. The van der Waals surface area contributed by atoms with Crippen molar-refractivity contribution in [3.05, 3.63) is 0 Å². The first-order valence-corrected chi connectivity index (χ1v) is 42.7. The van der Waals surface area contributed by atoms with Gasteiger partial charge in [-0.1, -0.05) is 338 Å². The lowest BCUT2D eigenvalue weighted by atomic mass is 10.0. The summed E-state index contributed by atoms with van der Waals surface area (Å²) in [7, 11) is -9.91. The molecular weight excluding hydrogens is 1260 g/mol. The number of ether oxygens (including phenoxy) is 4. The number of carbonyl (C=O) groups is 4. The van der Waals surface area contributed by atoms with Gasteiger partial charge in [0.1, 0.15) is 19.3 Å². The van der Waals surface area contributed by atoms with E-state index in [2.05, 4.69) is 55.4 Å². The third kappa shape index (κ3) is 70.5. The Hall–Kier alpha value is -1.94. The van der Waals surface area contributed by atoms with Crippen LogP contribution >= 0.6 is 15.6 Å². The van der Waals surface area contributed by atoms with Crippen LogP contribution in [0.15, 0.2) is 0 Å². The molecule has 0 rings (SSSR count). The molecule has 19 heteroatoms. The Morgan fingerprint density at radius 3 is 0.646 bits per heavy atom. The quantitative estimate of drug-likeness (QED) is 0.0222. The maximum Gasteiger partial charge on any atom is 0.472 e. The average Bonchev–Trinajstić information content (AvgIpc) is 1.43. The Kier molecular flexibility index (Phi) is 65.0. The second kappa shape index (κ2) is 66.3. The topological polar surface area (TPSA) is 237 Å². The summed E-state index contributed by atoms with van der Waals surface area (Å²) in [6.45, 7) is 14.2. The van der Waals surface area contributed by atoms with Gasteiger partial charge in [0.25, 0.3) is 0 Å². The van der Waals surface area contributed by atoms with Crippen LogP contribution in [0.1, 0.15) is 389 Å². The zero-order chi connectivity index (χ0) is 71.0. The lowest BCUT2D eigenvalue weighted by Gasteiger charge is -2.21. The van der Waals surface area contributed by atoms with Crippen LogP contribution < -0.4 is 0 Å². The van der Waals surface area contributed by atoms with E-state index < -0.39 is 97.5 Å². The Balaban J connectivity index is 5.23. The second-order valence-corrected chi connectivity index (χ2v) is 32.6. The molecule has 0 bridgehead atoms. The number of phosphoric acid groups is 2. The van der Waals surface area contributed by atoms with Crippen LogP contribution in [-0.4, -0.2) is 96.7 Å². The summed E-state index contributed by atoms with van der Waals surface area (Å²) in [5, 5.41) is 10.6. The maximum absolute atomic E-state index is 13.1. The molecule has 0 amide bonds. The number of aliphatic hydroxyl groups excluding tert-OH is 1. The van der Waals surface area contributed by atoms with Crippen molar-refractivity contribution < 1.29 is 80.2 Å². The largest absolute Gasteiger partial charge is 0.472 e. The van der Waals surface area contributed by atoms with E-state index in [9.17, 15) is 43.2 Å². The van der Waals surface area contributed by atoms with Gasteiger partial charge in [0.2, 0.25) is 0 Å². The number of esters is 4. The molecule has 0 aliphatic rings. The molecule has 0 aliphatic carbocycles. The van der Waals surface area contributed by atoms with E-state index in [0.29, 0.717) is 31.6 Å². The fourth-order valence-electron chi connectivity index (χ4n) is 11.7. The third-order valence-corrected chi connectivity index (χ3v) is 19.7. The Labute approximate surface area is 588 Å². The molecule has 0 aromatic carbocycles. The van der Waals surface area contributed by atoms with Gasteiger partial charge in [-0.15, -0.1) is 0 Å². The van der Waals surface area contributed by atoms with Crippen LogP contribution in [0.3, 0.4) is 0 Å². The minimum Gasteiger partial charge on any atom is -0.462 e. The second-order valence-electron chi connectivity index (χ2n) is 29.7. The highest BCUT2D eigenvalue weighted by atomic mass is 31.2. The highest BCUT2D eigenvalue weighted by molar-refractivity contribution is 7.47. The van der Waals surface area contributed by atoms with Crippen LogP contribution in [0, 0.1) is 23.7 Å². The fourth-order valence-corrected chi connectivity index (χ4v) is 13.3. The average molecular weight is 1410 g/mol. The van der Waals surface area contributed by atoms with E-state index in [-0.39, 0.29) is 25.7 Å². The van der Waals surface area contributed by atoms with Gasteiger partial charge in [-0.3, -0.25) is 37.3 Å². The molecular formula is C77H150O17P2. The predicted octanol–water partition coefficient (Wildman–Crippen LogP) is 22.4. The highest BCUT2D eigenvalue weighted by Gasteiger charge is 2.30. The maximum atomic E-state index is 13.1. The van der Waals surface area contributed by atoms with Gasteiger partial charge in [-0.2, -0.15) is 0 Å². The molecule has 0 saturated heterocycles. The van der Waals surface area contributed by atoms with E-state index in [1.807, 2.05) is 0 Å². The van der Waals surface area contributed by atoms with Crippen molar-refractivity contribution in [3.8, 4) is 0 Å². The third-order valence-electron chi connectivity index (χ3n) is 17.8. The number of carbonyl (C=O) groups excluding carboxylic acids is 4. The molecule has 96 heavy (non-hydrogen) atoms. The molecule has 0 saturated carbocycles. The lowest BCUT2D eigenvalue weighted by molar-refractivity contribution is -0.161. The number of phosphoric ester groups is 2. The SMILES string of the molecule is CC(C)CCCCCCCCCCCCCCCCCC(=O)O[C@H](COC(=O)CCCCCCCCCCCCC(C)C)COP(=O)(O)OC[C@@H](O)COP(=O)(O)OC[C@@H](COC(=O)CCCCCCCCC(C)C)OC(=O)CCCCCCCCCCCCCCCC(C)C. The molecule has 5 atom stereocenters. The highest BCUT2D eigenvalue weighted by Crippen LogP contribution is 2.45. The summed E-state index contributed by atoms with van der Waals surface area (Å²) in [5.41, 5.74) is 0. The van der Waals surface area contributed by atoms with Gasteiger partial charge < -0.3 is 33.8 Å². The zero-order valence-electron chi connectivity index (χ0n) is 63.0. The van der Waals surface area contributed by atoms with Crippen molar-refractivity contribution in [2.75, 3.05) is 39.6 Å². The molecule has 2 unspecified atom stereocenters. The van der Waals surface area contributed by atoms with Crippen LogP contribution in [-0.2, 0) is 65.4 Å². The van der Waals surface area contributed by atoms with Crippen LogP contribution in [0.2, 0.25) is 0 Å². The monoisotopic (exact) mass is 1410 g/mol. The molecule has 570 valence electrons. The Morgan fingerprint density at radius 2 is 0.438 bits per heavy atom. The predicted molar refractivity (Wildman–Crippen MR) is 391 cm³/mol. The Bertz CT molecular complexity index is 1880. The number of rotatable bonds is 74. The summed E-state index contributed by atoms with van der Waals surface area (Å²) in [4.78, 5) is 72.8. The van der Waals surface area contributed by atoms with Crippen LogP contribution in [0.5, 0.6) is 0 Å². The van der Waals surface area contributed by atoms with Crippen molar-refractivity contribution >= 4 is 39.5 Å². The smallest absolute Gasteiger partial charge is 0.462 e. The van der Waals surface area contributed by atoms with Gasteiger partial charge >= 0.3 is 39.5 Å². The van der Waals surface area contributed by atoms with Crippen molar-refractivity contribution in [2.24, 2.45) is 23.7 Å². The molecule has 3 N–H and O–H groups in total. The van der Waals surface area contributed by atoms with E-state index in [1.165, 1.54) is 186 Å². The first kappa shape index (κ1) is 94.1. The van der Waals surface area contributed by atoms with Gasteiger partial charge in [0.15, 0.2) is 12.2 Å². The fraction of sp³-hybridized carbons (Fsp3) is 0.948. The number of hydrogen-bond donors (Lipinski definition) is 3. The summed E-state index contributed by atoms with van der Waals surface area (Å²) in [6, 6.07) is 0. The van der Waals surface area contributed by atoms with Crippen LogP contribution in [0.25, 0.3) is 0 Å². The van der Waals surface area contributed by atoms with Gasteiger partial charge in [0.05, 0.1) is 26.4 Å². The number of hydrogen-bond acceptors (Lipinski definition) is 15. The first-order valence-electron chi connectivity index (χ1n) is 39.7. The van der Waals surface area contributed by atoms with Crippen molar-refractivity contribution in [2.45, 2.75) is 408 Å². The number of aliphatic hydroxyl groups is 1. The van der Waals surface area contributed by atoms with Crippen molar-refractivity contribution in [3.63, 3.8) is 0 Å². The molecule has 0 aliphatic heterocycles. The van der Waals surface area contributed by atoms with Gasteiger partial charge in [0, 0.05) is 25.7 Å². The first-order chi connectivity index (χ1) is 46.1. The molecule has 0 fully saturated rings. The van der Waals surface area contributed by atoms with E-state index >= 15 is 0 Å². The lowest BCUT2D eigenvalue weighted by Crippen LogP contribution is -2.30. The standard InChI is InChI=1S/C77H150O17P2/c1-67(2)53-45-37-29-23-17-13-10-9-11-15-19-27-33-43-51-59-76(81)93-72(63-87-74(79)57-49-41-32-26-22-21-25-31-39-47-55-69(5)6)65-91-95(83,84)89-61-71(78)62-90-96(85,86)92-66-73(64-88-75(80)58-50-42-36-35-40-48-56-70(7)8)94-77(82)60-52-44-34-28-20-16-12-14-18-24-30-38-46-54-68(3)4/h67-73,78H,9-66H2,1-8H3,(H,83,84)(H,85,86)/t71-,72-,73-/m1/s1. The van der Waals surface area contributed by atoms with Crippen molar-refractivity contribution in [1.82, 2.24) is 0 Å². The molecule has 0 heterocycles. The Morgan fingerprint density at radius 1 is 0.260 bits per heavy atom. The molecule has 0 radical (unpaired) electrons. The van der Waals surface area contributed by atoms with E-state index in [4.69, 9.17) is 37.0 Å².